The molecule has 0 aliphatic carbocycles. The maximum atomic E-state index is 12.9. The van der Waals surface area contributed by atoms with Crippen molar-refractivity contribution in [3.63, 3.8) is 0 Å². The van der Waals surface area contributed by atoms with Crippen LogP contribution in [-0.2, 0) is 6.42 Å². The Morgan fingerprint density at radius 3 is 3.00 bits per heavy atom. The number of hydrogen-bond donors (Lipinski definition) is 0. The zero-order valence-electron chi connectivity index (χ0n) is 15.2. The second kappa shape index (κ2) is 8.45. The van der Waals surface area contributed by atoms with Gasteiger partial charge in [0, 0.05) is 30.0 Å². The summed E-state index contributed by atoms with van der Waals surface area (Å²) in [6.45, 7) is 3.24. The maximum absolute atomic E-state index is 12.9. The summed E-state index contributed by atoms with van der Waals surface area (Å²) in [7, 11) is 1.59. The van der Waals surface area contributed by atoms with Crippen LogP contribution >= 0.6 is 11.3 Å². The molecule has 138 valence electrons. The topological polar surface area (TPSA) is 59.5 Å². The Labute approximate surface area is 158 Å². The normalized spacial score (nSPS) is 17.2. The summed E-state index contributed by atoms with van der Waals surface area (Å²) >= 11 is 1.54. The van der Waals surface area contributed by atoms with Gasteiger partial charge in [0.05, 0.1) is 12.1 Å². The fourth-order valence-electron chi connectivity index (χ4n) is 3.29. The smallest absolute Gasteiger partial charge is 0.273 e. The zero-order chi connectivity index (χ0) is 18.5. The van der Waals surface area contributed by atoms with Crippen LogP contribution in [-0.4, -0.2) is 41.8 Å². The summed E-state index contributed by atoms with van der Waals surface area (Å²) in [4.78, 5) is 31.8. The number of Topliss-reactive ketones (excluding diaryl/α,β-unsaturated/α-hetero) is 1. The Bertz CT molecular complexity index is 787. The van der Waals surface area contributed by atoms with Crippen molar-refractivity contribution < 1.29 is 14.3 Å². The molecule has 1 saturated heterocycles. The Balaban J connectivity index is 1.69. The van der Waals surface area contributed by atoms with Gasteiger partial charge in [0.1, 0.15) is 11.4 Å². The molecule has 1 aliphatic heterocycles. The predicted molar refractivity (Wildman–Crippen MR) is 102 cm³/mol. The molecule has 0 N–H and O–H groups in total. The summed E-state index contributed by atoms with van der Waals surface area (Å²) in [5.74, 6) is 0.511. The first-order valence-electron chi connectivity index (χ1n) is 9.04. The largest absolute Gasteiger partial charge is 0.497 e. The highest BCUT2D eigenvalue weighted by molar-refractivity contribution is 7.09. The minimum Gasteiger partial charge on any atom is -0.497 e. The molecule has 2 aromatic rings. The average molecular weight is 372 g/mol. The molecule has 2 heterocycles. The molecular weight excluding hydrogens is 348 g/mol. The highest BCUT2D eigenvalue weighted by Crippen LogP contribution is 2.24. The predicted octanol–water partition coefficient (Wildman–Crippen LogP) is 3.84. The fraction of sp³-hybridized carbons (Fsp3) is 0.450. The third-order valence-electron chi connectivity index (χ3n) is 4.67. The lowest BCUT2D eigenvalue weighted by molar-refractivity contribution is 0.0632. The minimum atomic E-state index is -0.173. The van der Waals surface area contributed by atoms with Gasteiger partial charge in [0.25, 0.3) is 5.91 Å². The van der Waals surface area contributed by atoms with E-state index in [1.165, 1.54) is 11.3 Å². The van der Waals surface area contributed by atoms with E-state index in [1.54, 1.807) is 18.1 Å². The van der Waals surface area contributed by atoms with Crippen LogP contribution in [0.25, 0.3) is 0 Å². The van der Waals surface area contributed by atoms with Gasteiger partial charge in [0.2, 0.25) is 0 Å². The molecule has 3 rings (SSSR count). The molecule has 1 atom stereocenters. The monoisotopic (exact) mass is 372 g/mol. The molecule has 1 fully saturated rings. The number of benzene rings is 1. The van der Waals surface area contributed by atoms with E-state index in [1.807, 2.05) is 23.6 Å². The number of aryl methyl sites for hydroxylation is 1. The number of amides is 1. The molecule has 26 heavy (non-hydrogen) atoms. The number of carbonyl (C=O) groups is 2. The van der Waals surface area contributed by atoms with Gasteiger partial charge in [-0.1, -0.05) is 19.1 Å². The van der Waals surface area contributed by atoms with E-state index in [9.17, 15) is 9.59 Å². The van der Waals surface area contributed by atoms with E-state index in [0.29, 0.717) is 30.1 Å². The molecule has 1 aromatic carbocycles. The van der Waals surface area contributed by atoms with Gasteiger partial charge >= 0.3 is 0 Å². The Hall–Kier alpha value is -2.21. The number of methoxy groups -OCH3 is 1. The van der Waals surface area contributed by atoms with E-state index in [2.05, 4.69) is 11.9 Å². The number of ketones is 1. The first kappa shape index (κ1) is 18.6. The highest BCUT2D eigenvalue weighted by atomic mass is 32.1. The van der Waals surface area contributed by atoms with Crippen molar-refractivity contribution in [3.05, 3.63) is 45.9 Å². The van der Waals surface area contributed by atoms with E-state index < -0.39 is 0 Å². The SMILES string of the molecule is CCCc1nc(C(=O)N2CCC[C@@H](C(=O)c3cccc(OC)c3)C2)cs1. The molecule has 5 nitrogen and oxygen atoms in total. The summed E-state index contributed by atoms with van der Waals surface area (Å²) in [5.41, 5.74) is 1.15. The van der Waals surface area contributed by atoms with E-state index in [4.69, 9.17) is 4.74 Å². The standard InChI is InChI=1S/C20H24N2O3S/c1-3-6-18-21-17(13-26-18)20(24)22-10-5-8-15(12-22)19(23)14-7-4-9-16(11-14)25-2/h4,7,9,11,13,15H,3,5-6,8,10,12H2,1-2H3/t15-/m1/s1. The van der Waals surface area contributed by atoms with Crippen LogP contribution in [0.3, 0.4) is 0 Å². The summed E-state index contributed by atoms with van der Waals surface area (Å²) in [5, 5.41) is 2.83. The van der Waals surface area contributed by atoms with Gasteiger partial charge in [-0.3, -0.25) is 9.59 Å². The summed E-state index contributed by atoms with van der Waals surface area (Å²) in [6, 6.07) is 7.22. The van der Waals surface area contributed by atoms with E-state index in [-0.39, 0.29) is 17.6 Å². The zero-order valence-corrected chi connectivity index (χ0v) is 16.1. The van der Waals surface area contributed by atoms with Crippen molar-refractivity contribution in [1.82, 2.24) is 9.88 Å². The second-order valence-electron chi connectivity index (χ2n) is 6.56. The van der Waals surface area contributed by atoms with E-state index >= 15 is 0 Å². The number of nitrogens with zero attached hydrogens (tertiary/aromatic N) is 2. The third kappa shape index (κ3) is 4.12. The number of aromatic nitrogens is 1. The quantitative estimate of drug-likeness (QED) is 0.723. The molecule has 0 saturated carbocycles. The lowest BCUT2D eigenvalue weighted by Gasteiger charge is -2.31. The van der Waals surface area contributed by atoms with Crippen LogP contribution in [0.2, 0.25) is 0 Å². The number of thiazole rings is 1. The molecular formula is C20H24N2O3S. The van der Waals surface area contributed by atoms with Crippen LogP contribution in [0.4, 0.5) is 0 Å². The van der Waals surface area contributed by atoms with Crippen molar-refractivity contribution in [1.29, 1.82) is 0 Å². The number of likely N-dealkylation sites (tertiary alicyclic amines) is 1. The Kier molecular flexibility index (Phi) is 6.04. The lowest BCUT2D eigenvalue weighted by atomic mass is 9.90. The van der Waals surface area contributed by atoms with Crippen LogP contribution in [0.5, 0.6) is 5.75 Å². The van der Waals surface area contributed by atoms with Crippen LogP contribution in [0, 0.1) is 5.92 Å². The second-order valence-corrected chi connectivity index (χ2v) is 7.51. The average Bonchev–Trinajstić information content (AvgIpc) is 3.16. The third-order valence-corrected chi connectivity index (χ3v) is 5.58. The highest BCUT2D eigenvalue weighted by Gasteiger charge is 2.30. The van der Waals surface area contributed by atoms with Crippen molar-refractivity contribution in [2.45, 2.75) is 32.6 Å². The molecule has 1 aliphatic rings. The molecule has 0 bridgehead atoms. The Morgan fingerprint density at radius 1 is 1.38 bits per heavy atom. The number of piperidine rings is 1. The number of ether oxygens (including phenoxy) is 1. The van der Waals surface area contributed by atoms with Gasteiger partial charge in [-0.25, -0.2) is 4.98 Å². The van der Waals surface area contributed by atoms with Gasteiger partial charge in [-0.15, -0.1) is 11.3 Å². The van der Waals surface area contributed by atoms with E-state index in [0.717, 1.165) is 30.7 Å². The van der Waals surface area contributed by atoms with Crippen LogP contribution < -0.4 is 4.74 Å². The summed E-state index contributed by atoms with van der Waals surface area (Å²) < 4.78 is 5.21. The molecule has 6 heteroatoms. The maximum Gasteiger partial charge on any atom is 0.273 e. The number of hydrogen-bond acceptors (Lipinski definition) is 5. The first-order valence-corrected chi connectivity index (χ1v) is 9.92. The molecule has 1 amide bonds. The lowest BCUT2D eigenvalue weighted by Crippen LogP contribution is -2.42. The first-order chi connectivity index (χ1) is 12.6. The molecule has 0 spiro atoms. The molecule has 0 radical (unpaired) electrons. The number of carbonyl (C=O) groups excluding carboxylic acids is 2. The fourth-order valence-corrected chi connectivity index (χ4v) is 4.16. The van der Waals surface area contributed by atoms with Crippen molar-refractivity contribution in [2.75, 3.05) is 20.2 Å². The summed E-state index contributed by atoms with van der Waals surface area (Å²) in [6.07, 6.45) is 3.55. The van der Waals surface area contributed by atoms with Crippen LogP contribution in [0.1, 0.15) is 52.0 Å². The van der Waals surface area contributed by atoms with Crippen molar-refractivity contribution in [2.24, 2.45) is 5.92 Å². The van der Waals surface area contributed by atoms with Gasteiger partial charge < -0.3 is 9.64 Å². The van der Waals surface area contributed by atoms with Crippen molar-refractivity contribution in [3.8, 4) is 5.75 Å². The van der Waals surface area contributed by atoms with Gasteiger partial charge in [-0.05, 0) is 37.8 Å². The number of rotatable bonds is 6. The van der Waals surface area contributed by atoms with Crippen LogP contribution in [0.15, 0.2) is 29.6 Å². The van der Waals surface area contributed by atoms with Crippen molar-refractivity contribution >= 4 is 23.0 Å². The van der Waals surface area contributed by atoms with Gasteiger partial charge in [0.15, 0.2) is 5.78 Å². The minimum absolute atomic E-state index is 0.0632. The molecule has 1 aromatic heterocycles. The Morgan fingerprint density at radius 2 is 2.23 bits per heavy atom. The molecule has 0 unspecified atom stereocenters. The van der Waals surface area contributed by atoms with Gasteiger partial charge in [-0.2, -0.15) is 0 Å².